The van der Waals surface area contributed by atoms with E-state index in [1.165, 1.54) is 29.5 Å². The summed E-state index contributed by atoms with van der Waals surface area (Å²) in [5.41, 5.74) is 11.4. The number of hydrogen-bond donors (Lipinski definition) is 1. The molecule has 0 aromatic heterocycles. The second-order valence-electron chi connectivity index (χ2n) is 5.66. The number of nitrogens with two attached hydrogens (primary N) is 1. The molecule has 0 aliphatic rings. The van der Waals surface area contributed by atoms with Crippen molar-refractivity contribution in [1.29, 1.82) is 0 Å². The van der Waals surface area contributed by atoms with Crippen LogP contribution in [0.5, 0.6) is 0 Å². The Balaban J connectivity index is 3.16. The Hall–Kier alpha value is -0.980. The van der Waals surface area contributed by atoms with Crippen molar-refractivity contribution in [2.24, 2.45) is 0 Å². The first kappa shape index (κ1) is 13.1. The third-order valence-electron chi connectivity index (χ3n) is 3.22. The second-order valence-corrected chi connectivity index (χ2v) is 5.66. The lowest BCUT2D eigenvalue weighted by Crippen LogP contribution is -2.15. The predicted octanol–water partition coefficient (Wildman–Crippen LogP) is 4.22. The third kappa shape index (κ3) is 2.78. The van der Waals surface area contributed by atoms with E-state index in [0.29, 0.717) is 0 Å². The molecule has 0 unspecified atom stereocenters. The molecule has 0 bridgehead atoms. The molecule has 0 atom stereocenters. The highest BCUT2D eigenvalue weighted by Crippen LogP contribution is 2.31. The van der Waals surface area contributed by atoms with Gasteiger partial charge in [0.25, 0.3) is 0 Å². The molecule has 0 saturated carbocycles. The zero-order valence-corrected chi connectivity index (χ0v) is 11.4. The molecule has 0 saturated heterocycles. The summed E-state index contributed by atoms with van der Waals surface area (Å²) >= 11 is 0. The minimum absolute atomic E-state index is 0.207. The standard InChI is InChI=1S/C15H25N/c1-6-7-8-12-11(2)13(15(3,4)5)9-10-14(12)16/h9-10H,6-8,16H2,1-5H3. The van der Waals surface area contributed by atoms with Crippen LogP contribution in [0.2, 0.25) is 0 Å². The molecule has 0 spiro atoms. The number of nitrogen functional groups attached to an aromatic ring is 1. The number of hydrogen-bond acceptors (Lipinski definition) is 1. The normalized spacial score (nSPS) is 11.8. The van der Waals surface area contributed by atoms with Gasteiger partial charge in [0.15, 0.2) is 0 Å². The van der Waals surface area contributed by atoms with E-state index in [4.69, 9.17) is 5.73 Å². The van der Waals surface area contributed by atoms with Crippen molar-refractivity contribution >= 4 is 5.69 Å². The van der Waals surface area contributed by atoms with E-state index in [0.717, 1.165) is 12.1 Å². The van der Waals surface area contributed by atoms with Crippen LogP contribution < -0.4 is 5.73 Å². The summed E-state index contributed by atoms with van der Waals surface area (Å²) < 4.78 is 0. The summed E-state index contributed by atoms with van der Waals surface area (Å²) in [6.45, 7) is 11.2. The molecule has 1 aromatic carbocycles. The summed E-state index contributed by atoms with van der Waals surface area (Å²) in [5.74, 6) is 0. The molecule has 0 aliphatic carbocycles. The van der Waals surface area contributed by atoms with Gasteiger partial charge in [-0.05, 0) is 47.9 Å². The highest BCUT2D eigenvalue weighted by atomic mass is 14.6. The first-order valence-corrected chi connectivity index (χ1v) is 6.26. The van der Waals surface area contributed by atoms with E-state index >= 15 is 0 Å². The monoisotopic (exact) mass is 219 g/mol. The van der Waals surface area contributed by atoms with Gasteiger partial charge in [0, 0.05) is 5.69 Å². The number of rotatable bonds is 3. The molecule has 1 rings (SSSR count). The van der Waals surface area contributed by atoms with Gasteiger partial charge in [-0.1, -0.05) is 40.2 Å². The maximum absolute atomic E-state index is 6.07. The van der Waals surface area contributed by atoms with Crippen LogP contribution in [0.4, 0.5) is 5.69 Å². The van der Waals surface area contributed by atoms with Crippen LogP contribution in [0.1, 0.15) is 57.2 Å². The Morgan fingerprint density at radius 2 is 1.81 bits per heavy atom. The van der Waals surface area contributed by atoms with Gasteiger partial charge in [-0.3, -0.25) is 0 Å². The number of benzene rings is 1. The average molecular weight is 219 g/mol. The Morgan fingerprint density at radius 1 is 1.19 bits per heavy atom. The Morgan fingerprint density at radius 3 is 2.31 bits per heavy atom. The predicted molar refractivity (Wildman–Crippen MR) is 72.9 cm³/mol. The first-order chi connectivity index (χ1) is 7.38. The fourth-order valence-corrected chi connectivity index (χ4v) is 2.28. The van der Waals surface area contributed by atoms with E-state index in [2.05, 4.69) is 46.8 Å². The zero-order chi connectivity index (χ0) is 12.3. The lowest BCUT2D eigenvalue weighted by atomic mass is 9.81. The molecule has 90 valence electrons. The molecule has 0 heterocycles. The lowest BCUT2D eigenvalue weighted by molar-refractivity contribution is 0.584. The fourth-order valence-electron chi connectivity index (χ4n) is 2.28. The Labute approximate surface area is 100 Å². The van der Waals surface area contributed by atoms with Gasteiger partial charge >= 0.3 is 0 Å². The fraction of sp³-hybridized carbons (Fsp3) is 0.600. The molecule has 0 radical (unpaired) electrons. The molecule has 16 heavy (non-hydrogen) atoms. The van der Waals surface area contributed by atoms with Crippen LogP contribution in [0, 0.1) is 6.92 Å². The van der Waals surface area contributed by atoms with Gasteiger partial charge < -0.3 is 5.73 Å². The molecular weight excluding hydrogens is 194 g/mol. The van der Waals surface area contributed by atoms with Gasteiger partial charge in [-0.15, -0.1) is 0 Å². The van der Waals surface area contributed by atoms with Crippen molar-refractivity contribution in [3.63, 3.8) is 0 Å². The highest BCUT2D eigenvalue weighted by Gasteiger charge is 2.18. The third-order valence-corrected chi connectivity index (χ3v) is 3.22. The number of unbranched alkanes of at least 4 members (excludes halogenated alkanes) is 1. The van der Waals surface area contributed by atoms with Crippen LogP contribution in [0.3, 0.4) is 0 Å². The maximum atomic E-state index is 6.07. The molecular formula is C15H25N. The Bertz CT molecular complexity index is 358. The molecule has 2 N–H and O–H groups in total. The molecule has 0 aliphatic heterocycles. The molecule has 1 heteroatoms. The summed E-state index contributed by atoms with van der Waals surface area (Å²) in [6, 6.07) is 4.25. The topological polar surface area (TPSA) is 26.0 Å². The van der Waals surface area contributed by atoms with Gasteiger partial charge in [-0.2, -0.15) is 0 Å². The second kappa shape index (κ2) is 4.90. The number of anilines is 1. The molecule has 0 amide bonds. The van der Waals surface area contributed by atoms with E-state index in [-0.39, 0.29) is 5.41 Å². The van der Waals surface area contributed by atoms with Crippen molar-refractivity contribution in [1.82, 2.24) is 0 Å². The zero-order valence-electron chi connectivity index (χ0n) is 11.4. The van der Waals surface area contributed by atoms with Crippen LogP contribution in [-0.4, -0.2) is 0 Å². The summed E-state index contributed by atoms with van der Waals surface area (Å²) in [6.07, 6.45) is 3.55. The van der Waals surface area contributed by atoms with Crippen LogP contribution in [0.15, 0.2) is 12.1 Å². The summed E-state index contributed by atoms with van der Waals surface area (Å²) in [7, 11) is 0. The van der Waals surface area contributed by atoms with E-state index in [1.807, 2.05) is 0 Å². The van der Waals surface area contributed by atoms with Crippen LogP contribution >= 0.6 is 0 Å². The minimum Gasteiger partial charge on any atom is -0.398 e. The summed E-state index contributed by atoms with van der Waals surface area (Å²) in [5, 5.41) is 0. The van der Waals surface area contributed by atoms with Gasteiger partial charge in [0.2, 0.25) is 0 Å². The van der Waals surface area contributed by atoms with E-state index in [9.17, 15) is 0 Å². The van der Waals surface area contributed by atoms with E-state index in [1.54, 1.807) is 0 Å². The van der Waals surface area contributed by atoms with Crippen LogP contribution in [-0.2, 0) is 11.8 Å². The summed E-state index contributed by atoms with van der Waals surface area (Å²) in [4.78, 5) is 0. The average Bonchev–Trinajstić information content (AvgIpc) is 2.15. The van der Waals surface area contributed by atoms with Crippen molar-refractivity contribution < 1.29 is 0 Å². The lowest BCUT2D eigenvalue weighted by Gasteiger charge is -2.24. The maximum Gasteiger partial charge on any atom is 0.0349 e. The highest BCUT2D eigenvalue weighted by molar-refractivity contribution is 5.55. The quantitative estimate of drug-likeness (QED) is 0.757. The first-order valence-electron chi connectivity index (χ1n) is 6.26. The molecule has 1 nitrogen and oxygen atoms in total. The smallest absolute Gasteiger partial charge is 0.0349 e. The van der Waals surface area contributed by atoms with Crippen molar-refractivity contribution in [2.75, 3.05) is 5.73 Å². The van der Waals surface area contributed by atoms with Crippen molar-refractivity contribution in [3.05, 3.63) is 28.8 Å². The van der Waals surface area contributed by atoms with E-state index < -0.39 is 0 Å². The van der Waals surface area contributed by atoms with Gasteiger partial charge in [0.05, 0.1) is 0 Å². The SMILES string of the molecule is CCCCc1c(N)ccc(C(C)(C)C)c1C. The molecule has 0 fully saturated rings. The van der Waals surface area contributed by atoms with Gasteiger partial charge in [0.1, 0.15) is 0 Å². The van der Waals surface area contributed by atoms with Crippen molar-refractivity contribution in [2.45, 2.75) is 59.3 Å². The Kier molecular flexibility index (Phi) is 4.01. The van der Waals surface area contributed by atoms with Crippen LogP contribution in [0.25, 0.3) is 0 Å². The minimum atomic E-state index is 0.207. The van der Waals surface area contributed by atoms with Crippen molar-refractivity contribution in [3.8, 4) is 0 Å². The van der Waals surface area contributed by atoms with Gasteiger partial charge in [-0.25, -0.2) is 0 Å². The largest absolute Gasteiger partial charge is 0.398 e. The molecule has 1 aromatic rings.